The number of nitrogen functional groups attached to an aromatic ring is 1. The van der Waals surface area contributed by atoms with Gasteiger partial charge in [-0.1, -0.05) is 26.0 Å². The Morgan fingerprint density at radius 2 is 1.71 bits per heavy atom. The molecule has 0 aliphatic rings. The van der Waals surface area contributed by atoms with Gasteiger partial charge in [0.1, 0.15) is 11.6 Å². The second-order valence-electron chi connectivity index (χ2n) is 5.07. The van der Waals surface area contributed by atoms with Crippen molar-refractivity contribution in [1.29, 1.82) is 0 Å². The number of pyridine rings is 1. The van der Waals surface area contributed by atoms with Gasteiger partial charge in [-0.05, 0) is 35.7 Å². The quantitative estimate of drug-likeness (QED) is 0.873. The van der Waals surface area contributed by atoms with E-state index in [2.05, 4.69) is 24.1 Å². The summed E-state index contributed by atoms with van der Waals surface area (Å²) >= 11 is 0. The van der Waals surface area contributed by atoms with Crippen molar-refractivity contribution in [3.8, 4) is 0 Å². The minimum Gasteiger partial charge on any atom is -0.384 e. The summed E-state index contributed by atoms with van der Waals surface area (Å²) in [7, 11) is 0. The summed E-state index contributed by atoms with van der Waals surface area (Å²) < 4.78 is 38.2. The molecule has 0 amide bonds. The molecule has 0 fully saturated rings. The molecule has 2 rings (SSSR count). The molecule has 0 aliphatic carbocycles. The van der Waals surface area contributed by atoms with Crippen LogP contribution in [0.3, 0.4) is 0 Å². The minimum absolute atomic E-state index is 0.0691. The van der Waals surface area contributed by atoms with Crippen molar-refractivity contribution in [1.82, 2.24) is 4.98 Å². The van der Waals surface area contributed by atoms with Crippen molar-refractivity contribution in [2.75, 3.05) is 11.1 Å². The van der Waals surface area contributed by atoms with Gasteiger partial charge in [-0.2, -0.15) is 13.2 Å². The molecule has 0 aliphatic heterocycles. The smallest absolute Gasteiger partial charge is 0.384 e. The normalized spacial score (nSPS) is 11.7. The highest BCUT2D eigenvalue weighted by molar-refractivity contribution is 5.59. The first kappa shape index (κ1) is 15.2. The fraction of sp³-hybridized carbons (Fsp3) is 0.267. The molecule has 0 spiro atoms. The van der Waals surface area contributed by atoms with Gasteiger partial charge in [0.25, 0.3) is 0 Å². The van der Waals surface area contributed by atoms with Gasteiger partial charge in [0.15, 0.2) is 0 Å². The van der Waals surface area contributed by atoms with E-state index in [-0.39, 0.29) is 11.6 Å². The summed E-state index contributed by atoms with van der Waals surface area (Å²) in [4.78, 5) is 3.87. The zero-order chi connectivity index (χ0) is 15.6. The van der Waals surface area contributed by atoms with Gasteiger partial charge in [0, 0.05) is 5.69 Å². The zero-order valence-corrected chi connectivity index (χ0v) is 11.7. The van der Waals surface area contributed by atoms with Crippen molar-refractivity contribution in [3.63, 3.8) is 0 Å². The van der Waals surface area contributed by atoms with Gasteiger partial charge in [-0.25, -0.2) is 4.98 Å². The number of benzene rings is 1. The molecule has 2 aromatic rings. The molecule has 112 valence electrons. The molecule has 6 heteroatoms. The lowest BCUT2D eigenvalue weighted by atomic mass is 10.0. The Kier molecular flexibility index (Phi) is 4.06. The van der Waals surface area contributed by atoms with E-state index < -0.39 is 11.7 Å². The molecule has 0 saturated carbocycles. The van der Waals surface area contributed by atoms with Crippen LogP contribution >= 0.6 is 0 Å². The predicted molar refractivity (Wildman–Crippen MR) is 77.5 cm³/mol. The van der Waals surface area contributed by atoms with E-state index in [9.17, 15) is 13.2 Å². The Bertz CT molecular complexity index is 619. The summed E-state index contributed by atoms with van der Waals surface area (Å²) in [5, 5.41) is 2.83. The maximum absolute atomic E-state index is 12.7. The summed E-state index contributed by atoms with van der Waals surface area (Å²) in [6, 6.07) is 9.19. The summed E-state index contributed by atoms with van der Waals surface area (Å²) in [5.74, 6) is 0.284. The molecule has 0 bridgehead atoms. The highest BCUT2D eigenvalue weighted by Gasteiger charge is 2.31. The van der Waals surface area contributed by atoms with Crippen LogP contribution in [0.5, 0.6) is 0 Å². The number of rotatable bonds is 3. The number of nitrogens with two attached hydrogens (primary N) is 1. The molecule has 1 aromatic heterocycles. The summed E-state index contributed by atoms with van der Waals surface area (Å²) in [6.07, 6.45) is -4.45. The maximum atomic E-state index is 12.7. The molecular weight excluding hydrogens is 279 g/mol. The molecule has 3 nitrogen and oxygen atoms in total. The number of hydrogen-bond acceptors (Lipinski definition) is 3. The number of hydrogen-bond donors (Lipinski definition) is 2. The Morgan fingerprint density at radius 3 is 2.24 bits per heavy atom. The highest BCUT2D eigenvalue weighted by Crippen LogP contribution is 2.32. The number of aromatic nitrogens is 1. The van der Waals surface area contributed by atoms with Crippen molar-refractivity contribution in [2.24, 2.45) is 0 Å². The van der Waals surface area contributed by atoms with E-state index >= 15 is 0 Å². The van der Waals surface area contributed by atoms with Crippen LogP contribution in [-0.2, 0) is 6.18 Å². The van der Waals surface area contributed by atoms with E-state index in [0.717, 1.165) is 17.7 Å². The molecule has 21 heavy (non-hydrogen) atoms. The molecule has 0 saturated heterocycles. The number of nitrogens with zero attached hydrogens (tertiary/aromatic N) is 1. The largest absolute Gasteiger partial charge is 0.416 e. The Balaban J connectivity index is 2.25. The van der Waals surface area contributed by atoms with E-state index in [1.165, 1.54) is 0 Å². The number of halogens is 3. The Hall–Kier alpha value is -2.24. The van der Waals surface area contributed by atoms with Crippen LogP contribution in [0.1, 0.15) is 30.9 Å². The lowest BCUT2D eigenvalue weighted by Crippen LogP contribution is -2.08. The highest BCUT2D eigenvalue weighted by atomic mass is 19.4. The SMILES string of the molecule is CC(C)c1ccc(Nc2cc(C(F)(F)F)cc(N)n2)cc1. The van der Waals surface area contributed by atoms with Crippen molar-refractivity contribution >= 4 is 17.3 Å². The first-order valence-corrected chi connectivity index (χ1v) is 6.47. The molecule has 0 radical (unpaired) electrons. The van der Waals surface area contributed by atoms with Crippen molar-refractivity contribution in [3.05, 3.63) is 47.5 Å². The second kappa shape index (κ2) is 5.63. The first-order chi connectivity index (χ1) is 9.75. The van der Waals surface area contributed by atoms with Crippen molar-refractivity contribution in [2.45, 2.75) is 25.9 Å². The van der Waals surface area contributed by atoms with Crippen LogP contribution in [-0.4, -0.2) is 4.98 Å². The zero-order valence-electron chi connectivity index (χ0n) is 11.7. The Morgan fingerprint density at radius 1 is 1.10 bits per heavy atom. The standard InChI is InChI=1S/C15H16F3N3/c1-9(2)10-3-5-12(6-4-10)20-14-8-11(15(16,17)18)7-13(19)21-14/h3-9H,1-2H3,(H3,19,20,21). The molecule has 0 unspecified atom stereocenters. The molecule has 0 atom stereocenters. The van der Waals surface area contributed by atoms with Gasteiger partial charge in [-0.3, -0.25) is 0 Å². The van der Waals surface area contributed by atoms with Crippen molar-refractivity contribution < 1.29 is 13.2 Å². The second-order valence-corrected chi connectivity index (χ2v) is 5.07. The van der Waals surface area contributed by atoms with Gasteiger partial charge < -0.3 is 11.1 Å². The molecule has 1 heterocycles. The molecular formula is C15H16F3N3. The third-order valence-electron chi connectivity index (χ3n) is 3.02. The number of alkyl halides is 3. The Labute approximate surface area is 121 Å². The maximum Gasteiger partial charge on any atom is 0.416 e. The van der Waals surface area contributed by atoms with Crippen LogP contribution in [0.25, 0.3) is 0 Å². The fourth-order valence-electron chi connectivity index (χ4n) is 1.88. The lowest BCUT2D eigenvalue weighted by Gasteiger charge is -2.12. The third kappa shape index (κ3) is 3.87. The predicted octanol–water partition coefficient (Wildman–Crippen LogP) is 4.55. The monoisotopic (exact) mass is 295 g/mol. The van der Waals surface area contributed by atoms with Crippen LogP contribution in [0.2, 0.25) is 0 Å². The van der Waals surface area contributed by atoms with E-state index in [0.29, 0.717) is 11.6 Å². The minimum atomic E-state index is -4.45. The number of nitrogens with one attached hydrogen (secondary N) is 1. The van der Waals surface area contributed by atoms with Gasteiger partial charge in [0.05, 0.1) is 5.56 Å². The van der Waals surface area contributed by atoms with Gasteiger partial charge >= 0.3 is 6.18 Å². The lowest BCUT2D eigenvalue weighted by molar-refractivity contribution is -0.137. The van der Waals surface area contributed by atoms with Gasteiger partial charge in [0.2, 0.25) is 0 Å². The van der Waals surface area contributed by atoms with Gasteiger partial charge in [-0.15, -0.1) is 0 Å². The molecule has 3 N–H and O–H groups in total. The van der Waals surface area contributed by atoms with Crippen LogP contribution in [0.4, 0.5) is 30.5 Å². The van der Waals surface area contributed by atoms with E-state index in [1.54, 1.807) is 12.1 Å². The van der Waals surface area contributed by atoms with E-state index in [4.69, 9.17) is 5.73 Å². The molecule has 1 aromatic carbocycles. The fourth-order valence-corrected chi connectivity index (χ4v) is 1.88. The summed E-state index contributed by atoms with van der Waals surface area (Å²) in [5.41, 5.74) is 6.41. The first-order valence-electron chi connectivity index (χ1n) is 6.47. The summed E-state index contributed by atoms with van der Waals surface area (Å²) in [6.45, 7) is 4.13. The average molecular weight is 295 g/mol. The van der Waals surface area contributed by atoms with Crippen LogP contribution in [0.15, 0.2) is 36.4 Å². The van der Waals surface area contributed by atoms with Crippen LogP contribution in [0, 0.1) is 0 Å². The van der Waals surface area contributed by atoms with Crippen LogP contribution < -0.4 is 11.1 Å². The average Bonchev–Trinajstić information content (AvgIpc) is 2.37. The topological polar surface area (TPSA) is 50.9 Å². The third-order valence-corrected chi connectivity index (χ3v) is 3.02. The number of anilines is 3. The van der Waals surface area contributed by atoms with E-state index in [1.807, 2.05) is 12.1 Å².